The number of nitrogens with zero attached hydrogens (tertiary/aromatic N) is 3. The molecule has 6 heteroatoms. The van der Waals surface area contributed by atoms with Crippen molar-refractivity contribution in [3.63, 3.8) is 0 Å². The average Bonchev–Trinajstić information content (AvgIpc) is 2.81. The van der Waals surface area contributed by atoms with E-state index in [1.165, 1.54) is 11.8 Å². The van der Waals surface area contributed by atoms with Gasteiger partial charge in [-0.1, -0.05) is 42.0 Å². The lowest BCUT2D eigenvalue weighted by molar-refractivity contribution is 0.415. The first-order chi connectivity index (χ1) is 15.1. The molecule has 0 spiro atoms. The van der Waals surface area contributed by atoms with E-state index in [2.05, 4.69) is 20.5 Å². The van der Waals surface area contributed by atoms with Crippen LogP contribution in [0.15, 0.2) is 84.0 Å². The van der Waals surface area contributed by atoms with Crippen molar-refractivity contribution in [2.75, 3.05) is 12.5 Å². The highest BCUT2D eigenvalue weighted by Gasteiger charge is 2.09. The van der Waals surface area contributed by atoms with Gasteiger partial charge in [0, 0.05) is 16.7 Å². The van der Waals surface area contributed by atoms with E-state index >= 15 is 0 Å². The van der Waals surface area contributed by atoms with Crippen LogP contribution < -0.4 is 10.2 Å². The van der Waals surface area contributed by atoms with Crippen LogP contribution in [-0.4, -0.2) is 28.4 Å². The monoisotopic (exact) mass is 410 g/mol. The number of aromatic nitrogens is 2. The van der Waals surface area contributed by atoms with Crippen molar-refractivity contribution in [1.82, 2.24) is 9.97 Å². The molecule has 3 aromatic carbocycles. The molecule has 0 saturated carbocycles. The summed E-state index contributed by atoms with van der Waals surface area (Å²) in [5, 5.41) is 14.1. The summed E-state index contributed by atoms with van der Waals surface area (Å²) >= 11 is 0. The van der Waals surface area contributed by atoms with Crippen LogP contribution >= 0.6 is 0 Å². The predicted octanol–water partition coefficient (Wildman–Crippen LogP) is 5.28. The smallest absolute Gasteiger partial charge is 0.244 e. The van der Waals surface area contributed by atoms with Gasteiger partial charge in [-0.2, -0.15) is 5.10 Å². The third-order valence-corrected chi connectivity index (χ3v) is 4.76. The predicted molar refractivity (Wildman–Crippen MR) is 124 cm³/mol. The lowest BCUT2D eigenvalue weighted by atomic mass is 10.1. The molecule has 154 valence electrons. The van der Waals surface area contributed by atoms with Crippen molar-refractivity contribution >= 4 is 12.2 Å². The number of hydrogen-bond donors (Lipinski definition) is 2. The van der Waals surface area contributed by atoms with Crippen LogP contribution in [0.5, 0.6) is 11.5 Å². The van der Waals surface area contributed by atoms with E-state index in [0.29, 0.717) is 11.5 Å². The molecule has 0 saturated heterocycles. The summed E-state index contributed by atoms with van der Waals surface area (Å²) in [4.78, 5) is 9.24. The fraction of sp³-hybridized carbons (Fsp3) is 0.0800. The molecule has 4 rings (SSSR count). The summed E-state index contributed by atoms with van der Waals surface area (Å²) < 4.78 is 5.25. The van der Waals surface area contributed by atoms with Gasteiger partial charge < -0.3 is 9.84 Å². The molecule has 0 amide bonds. The maximum absolute atomic E-state index is 9.90. The van der Waals surface area contributed by atoms with Gasteiger partial charge in [0.05, 0.1) is 24.7 Å². The second-order valence-electron chi connectivity index (χ2n) is 6.99. The Morgan fingerprint density at radius 1 is 0.871 bits per heavy atom. The largest absolute Gasteiger partial charge is 0.507 e. The highest BCUT2D eigenvalue weighted by Crippen LogP contribution is 2.27. The van der Waals surface area contributed by atoms with Crippen LogP contribution in [-0.2, 0) is 0 Å². The molecule has 1 aromatic heterocycles. The second-order valence-corrected chi connectivity index (χ2v) is 6.99. The van der Waals surface area contributed by atoms with Crippen LogP contribution in [0.2, 0.25) is 0 Å². The van der Waals surface area contributed by atoms with E-state index in [1.54, 1.807) is 25.3 Å². The van der Waals surface area contributed by atoms with Crippen LogP contribution in [0.3, 0.4) is 0 Å². The molecule has 0 radical (unpaired) electrons. The molecule has 4 aromatic rings. The fourth-order valence-corrected chi connectivity index (χ4v) is 3.04. The Labute approximate surface area is 180 Å². The molecule has 0 aliphatic heterocycles. The van der Waals surface area contributed by atoms with Crippen molar-refractivity contribution in [2.24, 2.45) is 5.10 Å². The Hall–Kier alpha value is -4.19. The molecule has 0 atom stereocenters. The summed E-state index contributed by atoms with van der Waals surface area (Å²) in [6, 6.07) is 24.8. The van der Waals surface area contributed by atoms with E-state index in [4.69, 9.17) is 4.74 Å². The minimum Gasteiger partial charge on any atom is -0.507 e. The van der Waals surface area contributed by atoms with Crippen molar-refractivity contribution < 1.29 is 9.84 Å². The van der Waals surface area contributed by atoms with Crippen LogP contribution in [0.4, 0.5) is 5.95 Å². The molecular weight excluding hydrogens is 388 g/mol. The molecule has 0 aliphatic rings. The molecule has 6 nitrogen and oxygen atoms in total. The molecular formula is C25H22N4O2. The summed E-state index contributed by atoms with van der Waals surface area (Å²) in [5.74, 6) is 1.29. The minimum atomic E-state index is 0.154. The van der Waals surface area contributed by atoms with Crippen molar-refractivity contribution in [3.05, 3.63) is 90.0 Å². The van der Waals surface area contributed by atoms with Crippen LogP contribution in [0.25, 0.3) is 22.5 Å². The normalized spacial score (nSPS) is 10.9. The molecule has 1 heterocycles. The van der Waals surface area contributed by atoms with Gasteiger partial charge in [-0.15, -0.1) is 0 Å². The number of ether oxygens (including phenoxy) is 1. The molecule has 0 aliphatic carbocycles. The Morgan fingerprint density at radius 3 is 2.10 bits per heavy atom. The summed E-state index contributed by atoms with van der Waals surface area (Å²) in [7, 11) is 1.64. The second kappa shape index (κ2) is 9.09. The number of phenolic OH excluding ortho intramolecular Hbond substituents is 1. The number of aromatic hydroxyl groups is 1. The number of rotatable bonds is 6. The first-order valence-corrected chi connectivity index (χ1v) is 9.80. The SMILES string of the molecule is COc1ccc(-c2cc(-c3ccc(C)cc3)nc(N/N=C\c3ccccc3O)n2)cc1. The van der Waals surface area contributed by atoms with Gasteiger partial charge in [-0.3, -0.25) is 0 Å². The van der Waals surface area contributed by atoms with Crippen molar-refractivity contribution in [3.8, 4) is 34.0 Å². The first-order valence-electron chi connectivity index (χ1n) is 9.80. The number of phenols is 1. The standard InChI is InChI=1S/C25H22N4O2/c1-17-7-9-18(10-8-17)22-15-23(19-11-13-21(31-2)14-12-19)28-25(27-22)29-26-16-20-5-3-4-6-24(20)30/h3-16,30H,1-2H3,(H,27,28,29)/b26-16-. The fourth-order valence-electron chi connectivity index (χ4n) is 3.04. The lowest BCUT2D eigenvalue weighted by Crippen LogP contribution is -2.00. The summed E-state index contributed by atoms with van der Waals surface area (Å²) in [5.41, 5.74) is 8.12. The van der Waals surface area contributed by atoms with Gasteiger partial charge in [-0.05, 0) is 49.4 Å². The molecule has 0 unspecified atom stereocenters. The number of hydrogen-bond acceptors (Lipinski definition) is 6. The van der Waals surface area contributed by atoms with Gasteiger partial charge in [0.15, 0.2) is 0 Å². The van der Waals surface area contributed by atoms with Gasteiger partial charge in [0.2, 0.25) is 5.95 Å². The number of nitrogens with one attached hydrogen (secondary N) is 1. The van der Waals surface area contributed by atoms with Gasteiger partial charge in [0.25, 0.3) is 0 Å². The molecule has 0 bridgehead atoms. The Bertz CT molecular complexity index is 1200. The van der Waals surface area contributed by atoms with Crippen molar-refractivity contribution in [1.29, 1.82) is 0 Å². The average molecular weight is 410 g/mol. The quantitative estimate of drug-likeness (QED) is 0.334. The van der Waals surface area contributed by atoms with Crippen molar-refractivity contribution in [2.45, 2.75) is 6.92 Å². The zero-order valence-corrected chi connectivity index (χ0v) is 17.3. The Kier molecular flexibility index (Phi) is 5.89. The van der Waals surface area contributed by atoms with Gasteiger partial charge >= 0.3 is 0 Å². The summed E-state index contributed by atoms with van der Waals surface area (Å²) in [6.07, 6.45) is 1.53. The molecule has 2 N–H and O–H groups in total. The van der Waals surface area contributed by atoms with Crippen LogP contribution in [0.1, 0.15) is 11.1 Å². The van der Waals surface area contributed by atoms with E-state index in [-0.39, 0.29) is 5.75 Å². The Morgan fingerprint density at radius 2 is 1.48 bits per heavy atom. The number of benzene rings is 3. The third kappa shape index (κ3) is 4.87. The highest BCUT2D eigenvalue weighted by molar-refractivity contribution is 5.83. The van der Waals surface area contributed by atoms with E-state index in [0.717, 1.165) is 28.3 Å². The lowest BCUT2D eigenvalue weighted by Gasteiger charge is -2.09. The Balaban J connectivity index is 1.70. The maximum atomic E-state index is 9.90. The number of aryl methyl sites for hydroxylation is 1. The zero-order chi connectivity index (χ0) is 21.6. The van der Waals surface area contributed by atoms with E-state index < -0.39 is 0 Å². The van der Waals surface area contributed by atoms with E-state index in [1.807, 2.05) is 67.6 Å². The number of anilines is 1. The van der Waals surface area contributed by atoms with Gasteiger partial charge in [0.1, 0.15) is 11.5 Å². The zero-order valence-electron chi connectivity index (χ0n) is 17.3. The molecule has 31 heavy (non-hydrogen) atoms. The first kappa shape index (κ1) is 20.1. The highest BCUT2D eigenvalue weighted by atomic mass is 16.5. The summed E-state index contributed by atoms with van der Waals surface area (Å²) in [6.45, 7) is 2.05. The number of methoxy groups -OCH3 is 1. The van der Waals surface area contributed by atoms with E-state index in [9.17, 15) is 5.11 Å². The minimum absolute atomic E-state index is 0.154. The third-order valence-electron chi connectivity index (χ3n) is 4.76. The molecule has 0 fully saturated rings. The van der Waals surface area contributed by atoms with Gasteiger partial charge in [-0.25, -0.2) is 15.4 Å². The number of para-hydroxylation sites is 1. The van der Waals surface area contributed by atoms with Crippen LogP contribution in [0, 0.1) is 6.92 Å². The topological polar surface area (TPSA) is 79.6 Å². The maximum Gasteiger partial charge on any atom is 0.244 e. The number of hydrazone groups is 1.